The van der Waals surface area contributed by atoms with Gasteiger partial charge in [0.2, 0.25) is 0 Å². The molecule has 0 aliphatic heterocycles. The second-order valence-corrected chi connectivity index (χ2v) is 5.93. The van der Waals surface area contributed by atoms with Crippen molar-refractivity contribution in [2.45, 2.75) is 6.92 Å². The fourth-order valence-electron chi connectivity index (χ4n) is 3.14. The maximum atomic E-state index is 12.5. The van der Waals surface area contributed by atoms with Crippen molar-refractivity contribution < 1.29 is 34.4 Å². The Morgan fingerprint density at radius 1 is 0.857 bits per heavy atom. The Kier molecular flexibility index (Phi) is 5.08. The van der Waals surface area contributed by atoms with Crippen LogP contribution in [0.25, 0.3) is 21.9 Å². The highest BCUT2D eigenvalue weighted by atomic mass is 16.5. The molecule has 0 aliphatic rings. The average molecular weight is 382 g/mol. The summed E-state index contributed by atoms with van der Waals surface area (Å²) < 4.78 is 9.81. The molecule has 3 aromatic carbocycles. The van der Waals surface area contributed by atoms with Gasteiger partial charge in [0.1, 0.15) is 22.8 Å². The number of hydrogen-bond donors (Lipinski definition) is 3. The number of phenolic OH excluding ortho intramolecular Hbond substituents is 3. The number of hydrogen-bond acceptors (Lipinski definition) is 7. The number of rotatable bonds is 4. The van der Waals surface area contributed by atoms with Gasteiger partial charge in [-0.2, -0.15) is 0 Å². The van der Waals surface area contributed by atoms with Gasteiger partial charge in [0.15, 0.2) is 0 Å². The standard InChI is InChI=1S/C21H18O7/c1-3-28-21(26)19-15(24)10-9-14(23)18(19)17-13(22)8-7-11-5-4-6-12(16(11)17)20(25)27-2/h4-10,22-24H,3H2,1-2H3. The van der Waals surface area contributed by atoms with Crippen LogP contribution in [0.3, 0.4) is 0 Å². The Morgan fingerprint density at radius 2 is 1.50 bits per heavy atom. The first-order valence-electron chi connectivity index (χ1n) is 8.46. The molecule has 0 atom stereocenters. The topological polar surface area (TPSA) is 113 Å². The number of fused-ring (bicyclic) bond motifs is 1. The molecule has 0 unspecified atom stereocenters. The van der Waals surface area contributed by atoms with E-state index in [2.05, 4.69) is 0 Å². The molecule has 0 aromatic heterocycles. The molecule has 0 amide bonds. The molecular formula is C21H18O7. The summed E-state index contributed by atoms with van der Waals surface area (Å²) >= 11 is 0. The molecule has 0 saturated carbocycles. The van der Waals surface area contributed by atoms with Gasteiger partial charge in [-0.25, -0.2) is 9.59 Å². The number of carbonyl (C=O) groups excluding carboxylic acids is 2. The van der Waals surface area contributed by atoms with E-state index in [1.54, 1.807) is 25.1 Å². The molecular weight excluding hydrogens is 364 g/mol. The highest BCUT2D eigenvalue weighted by Crippen LogP contribution is 2.46. The Morgan fingerprint density at radius 3 is 2.18 bits per heavy atom. The minimum atomic E-state index is -0.877. The summed E-state index contributed by atoms with van der Waals surface area (Å²) in [6, 6.07) is 10.1. The van der Waals surface area contributed by atoms with Gasteiger partial charge < -0.3 is 24.8 Å². The highest BCUT2D eigenvalue weighted by molar-refractivity contribution is 6.15. The van der Waals surface area contributed by atoms with Crippen LogP contribution in [0.2, 0.25) is 0 Å². The molecule has 3 N–H and O–H groups in total. The number of aromatic hydroxyl groups is 3. The third kappa shape index (κ3) is 3.07. The first-order chi connectivity index (χ1) is 13.4. The molecule has 7 heteroatoms. The van der Waals surface area contributed by atoms with Crippen molar-refractivity contribution in [3.8, 4) is 28.4 Å². The number of ether oxygens (including phenoxy) is 2. The quantitative estimate of drug-likeness (QED) is 0.467. The third-order valence-corrected chi connectivity index (χ3v) is 4.32. The molecule has 3 aromatic rings. The average Bonchev–Trinajstić information content (AvgIpc) is 2.69. The van der Waals surface area contributed by atoms with Crippen LogP contribution in [0.5, 0.6) is 17.2 Å². The van der Waals surface area contributed by atoms with Gasteiger partial charge in [-0.3, -0.25) is 0 Å². The predicted octanol–water partition coefficient (Wildman–Crippen LogP) is 3.59. The monoisotopic (exact) mass is 382 g/mol. The van der Waals surface area contributed by atoms with E-state index >= 15 is 0 Å². The van der Waals surface area contributed by atoms with Crippen molar-refractivity contribution in [1.82, 2.24) is 0 Å². The van der Waals surface area contributed by atoms with Crippen molar-refractivity contribution in [3.05, 3.63) is 53.6 Å². The van der Waals surface area contributed by atoms with Gasteiger partial charge in [-0.1, -0.05) is 18.2 Å². The maximum absolute atomic E-state index is 12.5. The molecule has 0 spiro atoms. The molecule has 0 bridgehead atoms. The largest absolute Gasteiger partial charge is 0.507 e. The Balaban J connectivity index is 2.49. The minimum absolute atomic E-state index is 0.00922. The summed E-state index contributed by atoms with van der Waals surface area (Å²) in [5, 5.41) is 32.2. The van der Waals surface area contributed by atoms with Gasteiger partial charge in [0.25, 0.3) is 0 Å². The van der Waals surface area contributed by atoms with E-state index in [1.165, 1.54) is 25.3 Å². The van der Waals surface area contributed by atoms with Crippen LogP contribution in [-0.4, -0.2) is 41.0 Å². The molecule has 28 heavy (non-hydrogen) atoms. The van der Waals surface area contributed by atoms with Gasteiger partial charge in [-0.05, 0) is 36.6 Å². The lowest BCUT2D eigenvalue weighted by molar-refractivity contribution is 0.0522. The molecule has 0 radical (unpaired) electrons. The molecule has 144 valence electrons. The van der Waals surface area contributed by atoms with Crippen LogP contribution < -0.4 is 0 Å². The summed E-state index contributed by atoms with van der Waals surface area (Å²) in [6.07, 6.45) is 0. The van der Waals surface area contributed by atoms with Crippen molar-refractivity contribution in [1.29, 1.82) is 0 Å². The van der Waals surface area contributed by atoms with E-state index in [0.717, 1.165) is 6.07 Å². The lowest BCUT2D eigenvalue weighted by Crippen LogP contribution is -2.08. The zero-order valence-corrected chi connectivity index (χ0v) is 15.2. The highest BCUT2D eigenvalue weighted by Gasteiger charge is 2.27. The second kappa shape index (κ2) is 7.48. The lowest BCUT2D eigenvalue weighted by Gasteiger charge is -2.17. The summed E-state index contributed by atoms with van der Waals surface area (Å²) in [5.41, 5.74) is -0.319. The Bertz CT molecular complexity index is 1090. The maximum Gasteiger partial charge on any atom is 0.342 e. The first kappa shape index (κ1) is 19.0. The second-order valence-electron chi connectivity index (χ2n) is 5.93. The number of carbonyl (C=O) groups is 2. The van der Waals surface area contributed by atoms with Gasteiger partial charge in [0.05, 0.1) is 19.3 Å². The molecule has 0 aliphatic carbocycles. The Hall–Kier alpha value is -3.74. The molecule has 7 nitrogen and oxygen atoms in total. The van der Waals surface area contributed by atoms with E-state index in [4.69, 9.17) is 9.47 Å². The van der Waals surface area contributed by atoms with E-state index in [1.807, 2.05) is 0 Å². The number of phenols is 3. The molecule has 3 rings (SSSR count). The fourth-order valence-corrected chi connectivity index (χ4v) is 3.14. The van der Waals surface area contributed by atoms with Crippen molar-refractivity contribution in [3.63, 3.8) is 0 Å². The smallest absolute Gasteiger partial charge is 0.342 e. The normalized spacial score (nSPS) is 10.6. The van der Waals surface area contributed by atoms with Gasteiger partial charge in [-0.15, -0.1) is 0 Å². The van der Waals surface area contributed by atoms with E-state index in [-0.39, 0.29) is 45.7 Å². The zero-order valence-electron chi connectivity index (χ0n) is 15.2. The van der Waals surface area contributed by atoms with Crippen LogP contribution in [0, 0.1) is 0 Å². The van der Waals surface area contributed by atoms with Crippen molar-refractivity contribution in [2.75, 3.05) is 13.7 Å². The fraction of sp³-hybridized carbons (Fsp3) is 0.143. The predicted molar refractivity (Wildman–Crippen MR) is 102 cm³/mol. The van der Waals surface area contributed by atoms with E-state index < -0.39 is 17.7 Å². The lowest BCUT2D eigenvalue weighted by atomic mass is 9.90. The van der Waals surface area contributed by atoms with E-state index in [9.17, 15) is 24.9 Å². The van der Waals surface area contributed by atoms with Crippen LogP contribution in [-0.2, 0) is 9.47 Å². The summed E-state index contributed by atoms with van der Waals surface area (Å²) in [4.78, 5) is 24.8. The molecule has 0 saturated heterocycles. The summed E-state index contributed by atoms with van der Waals surface area (Å²) in [7, 11) is 1.22. The summed E-state index contributed by atoms with van der Waals surface area (Å²) in [6.45, 7) is 1.64. The van der Waals surface area contributed by atoms with Crippen LogP contribution in [0.15, 0.2) is 42.5 Å². The van der Waals surface area contributed by atoms with Crippen molar-refractivity contribution in [2.24, 2.45) is 0 Å². The van der Waals surface area contributed by atoms with Crippen LogP contribution in [0.4, 0.5) is 0 Å². The number of esters is 2. The first-order valence-corrected chi connectivity index (χ1v) is 8.46. The van der Waals surface area contributed by atoms with Crippen LogP contribution in [0.1, 0.15) is 27.6 Å². The summed E-state index contributed by atoms with van der Waals surface area (Å²) in [5.74, 6) is -2.63. The number of methoxy groups -OCH3 is 1. The Labute approximate surface area is 160 Å². The minimum Gasteiger partial charge on any atom is -0.507 e. The van der Waals surface area contributed by atoms with Gasteiger partial charge in [0, 0.05) is 16.5 Å². The molecule has 0 fully saturated rings. The molecule has 0 heterocycles. The van der Waals surface area contributed by atoms with Crippen LogP contribution >= 0.6 is 0 Å². The van der Waals surface area contributed by atoms with Crippen molar-refractivity contribution >= 4 is 22.7 Å². The SMILES string of the molecule is CCOC(=O)c1c(O)ccc(O)c1-c1c(O)ccc2cccc(C(=O)OC)c12. The van der Waals surface area contributed by atoms with E-state index in [0.29, 0.717) is 5.39 Å². The third-order valence-electron chi connectivity index (χ3n) is 4.32. The van der Waals surface area contributed by atoms with Gasteiger partial charge >= 0.3 is 11.9 Å². The zero-order chi connectivity index (χ0) is 20.4. The number of benzene rings is 3.